The Kier molecular flexibility index (Phi) is 5.44. The highest BCUT2D eigenvalue weighted by Crippen LogP contribution is 2.29. The number of sulfonamides is 1. The van der Waals surface area contributed by atoms with Crippen molar-refractivity contribution < 1.29 is 27.9 Å². The van der Waals surface area contributed by atoms with Gasteiger partial charge in [-0.2, -0.15) is 13.7 Å². The Hall–Kier alpha value is -2.86. The first-order chi connectivity index (χ1) is 11.8. The smallest absolute Gasteiger partial charge is 0.327 e. The summed E-state index contributed by atoms with van der Waals surface area (Å²) in [5.74, 6) is -2.23. The number of nitrogens with zero attached hydrogens (tertiary/aromatic N) is 2. The fourth-order valence-electron chi connectivity index (χ4n) is 2.31. The number of carbonyl (C=O) groups is 2. The topological polar surface area (TPSA) is 125 Å². The number of amides is 1. The normalized spacial score (nSPS) is 16.9. The molecule has 0 aliphatic carbocycles. The molecule has 1 atom stereocenters. The van der Waals surface area contributed by atoms with Crippen molar-refractivity contribution in [3.63, 3.8) is 0 Å². The summed E-state index contributed by atoms with van der Waals surface area (Å²) in [7, 11) is -4.39. The van der Waals surface area contributed by atoms with E-state index in [0.717, 1.165) is 6.08 Å². The molecule has 1 N–H and O–H groups in total. The maximum absolute atomic E-state index is 12.5. The van der Waals surface area contributed by atoms with Gasteiger partial charge in [-0.15, -0.1) is 0 Å². The number of nitriles is 1. The Balaban J connectivity index is 2.27. The summed E-state index contributed by atoms with van der Waals surface area (Å²) in [5.41, 5.74) is 0.360. The first-order valence-electron chi connectivity index (χ1n) is 7.52. The van der Waals surface area contributed by atoms with Crippen LogP contribution in [0.4, 0.5) is 0 Å². The number of carboxylic acids is 1. The molecule has 0 radical (unpaired) electrons. The third-order valence-electron chi connectivity index (χ3n) is 3.57. The zero-order valence-corrected chi connectivity index (χ0v) is 14.2. The zero-order chi connectivity index (χ0) is 18.6. The lowest BCUT2D eigenvalue weighted by atomic mass is 10.1. The maximum Gasteiger partial charge on any atom is 0.327 e. The summed E-state index contributed by atoms with van der Waals surface area (Å²) in [6.45, 7) is 1.83. The number of hydrogen-bond donors (Lipinski definition) is 1. The summed E-state index contributed by atoms with van der Waals surface area (Å²) < 4.78 is 30.7. The van der Waals surface area contributed by atoms with Gasteiger partial charge < -0.3 is 9.84 Å². The summed E-state index contributed by atoms with van der Waals surface area (Å²) in [5, 5.41) is 17.4. The molecule has 0 spiro atoms. The van der Waals surface area contributed by atoms with E-state index >= 15 is 0 Å². The average Bonchev–Trinajstić information content (AvgIpc) is 2.78. The van der Waals surface area contributed by atoms with E-state index in [2.05, 4.69) is 0 Å². The minimum atomic E-state index is -4.39. The van der Waals surface area contributed by atoms with Gasteiger partial charge in [-0.25, -0.2) is 9.10 Å². The molecule has 1 amide bonds. The molecule has 9 heteroatoms. The lowest BCUT2D eigenvalue weighted by Crippen LogP contribution is -2.45. The molecule has 1 unspecified atom stereocenters. The van der Waals surface area contributed by atoms with Gasteiger partial charge in [0.15, 0.2) is 0 Å². The number of carboxylic acid groups (broad SMARTS) is 1. The van der Waals surface area contributed by atoms with Crippen LogP contribution in [0.25, 0.3) is 0 Å². The monoisotopic (exact) mass is 364 g/mol. The Morgan fingerprint density at radius 2 is 2.00 bits per heavy atom. The van der Waals surface area contributed by atoms with Crippen LogP contribution in [-0.4, -0.2) is 35.7 Å². The first kappa shape index (κ1) is 18.5. The van der Waals surface area contributed by atoms with Gasteiger partial charge in [0.25, 0.3) is 5.91 Å². The SMILES string of the molecule is CCCCC(C(=O)O)N1C(=O)C=C(Oc2ccc(C#N)cc2)S1(=O)=O. The highest BCUT2D eigenvalue weighted by molar-refractivity contribution is 7.93. The highest BCUT2D eigenvalue weighted by atomic mass is 32.2. The van der Waals surface area contributed by atoms with Gasteiger partial charge in [-0.05, 0) is 30.7 Å². The van der Waals surface area contributed by atoms with Gasteiger partial charge in [0.1, 0.15) is 11.8 Å². The molecule has 1 heterocycles. The summed E-state index contributed by atoms with van der Waals surface area (Å²) in [4.78, 5) is 23.5. The number of ether oxygens (including phenoxy) is 1. The van der Waals surface area contributed by atoms with Crippen molar-refractivity contribution >= 4 is 21.9 Å². The van der Waals surface area contributed by atoms with E-state index in [1.807, 2.05) is 13.0 Å². The molecule has 1 aromatic rings. The fourth-order valence-corrected chi connectivity index (χ4v) is 3.78. The molecule has 0 bridgehead atoms. The maximum atomic E-state index is 12.5. The van der Waals surface area contributed by atoms with E-state index < -0.39 is 33.0 Å². The minimum absolute atomic E-state index is 0.0226. The van der Waals surface area contributed by atoms with E-state index in [4.69, 9.17) is 10.00 Å². The lowest BCUT2D eigenvalue weighted by Gasteiger charge is -2.23. The second-order valence-electron chi connectivity index (χ2n) is 5.34. The Morgan fingerprint density at radius 1 is 1.36 bits per heavy atom. The van der Waals surface area contributed by atoms with Gasteiger partial charge in [-0.3, -0.25) is 4.79 Å². The third kappa shape index (κ3) is 3.80. The van der Waals surface area contributed by atoms with Crippen LogP contribution in [-0.2, 0) is 19.6 Å². The summed E-state index contributed by atoms with van der Waals surface area (Å²) in [6.07, 6.45) is 1.90. The van der Waals surface area contributed by atoms with Crippen LogP contribution in [0, 0.1) is 11.3 Å². The molecule has 0 aromatic heterocycles. The molecule has 0 fully saturated rings. The van der Waals surface area contributed by atoms with Crippen molar-refractivity contribution in [1.82, 2.24) is 4.31 Å². The van der Waals surface area contributed by atoms with Crippen molar-refractivity contribution in [2.45, 2.75) is 32.2 Å². The van der Waals surface area contributed by atoms with Crippen molar-refractivity contribution in [3.8, 4) is 11.8 Å². The van der Waals surface area contributed by atoms with E-state index in [0.29, 0.717) is 22.7 Å². The van der Waals surface area contributed by atoms with Crippen LogP contribution in [0.2, 0.25) is 0 Å². The van der Waals surface area contributed by atoms with Gasteiger partial charge >= 0.3 is 16.0 Å². The Bertz CT molecular complexity index is 852. The van der Waals surface area contributed by atoms with E-state index in [9.17, 15) is 23.1 Å². The molecule has 1 aliphatic heterocycles. The fraction of sp³-hybridized carbons (Fsp3) is 0.312. The van der Waals surface area contributed by atoms with Gasteiger partial charge in [0.2, 0.25) is 5.09 Å². The quantitative estimate of drug-likeness (QED) is 0.779. The molecule has 0 saturated heterocycles. The number of aliphatic carboxylic acids is 1. The molecule has 132 valence electrons. The van der Waals surface area contributed by atoms with Crippen LogP contribution >= 0.6 is 0 Å². The second kappa shape index (κ2) is 7.36. The Morgan fingerprint density at radius 3 is 2.52 bits per heavy atom. The van der Waals surface area contributed by atoms with Crippen LogP contribution in [0.15, 0.2) is 35.4 Å². The van der Waals surface area contributed by atoms with Crippen LogP contribution in [0.3, 0.4) is 0 Å². The predicted molar refractivity (Wildman–Crippen MR) is 86.6 cm³/mol. The summed E-state index contributed by atoms with van der Waals surface area (Å²) >= 11 is 0. The molecular formula is C16H16N2O6S. The molecule has 8 nitrogen and oxygen atoms in total. The standard InChI is InChI=1S/C16H16N2O6S/c1-2-3-4-13(16(20)21)18-14(19)9-15(25(18,22)23)24-12-7-5-11(10-17)6-8-12/h5-9,13H,2-4H2,1H3,(H,20,21). The molecule has 1 aromatic carbocycles. The van der Waals surface area contributed by atoms with Gasteiger partial charge in [-0.1, -0.05) is 19.8 Å². The molecular weight excluding hydrogens is 348 g/mol. The molecule has 2 rings (SSSR count). The molecule has 0 saturated carbocycles. The van der Waals surface area contributed by atoms with Gasteiger partial charge in [0.05, 0.1) is 17.7 Å². The third-order valence-corrected chi connectivity index (χ3v) is 5.23. The number of benzene rings is 1. The highest BCUT2D eigenvalue weighted by Gasteiger charge is 2.46. The molecule has 25 heavy (non-hydrogen) atoms. The number of hydrogen-bond acceptors (Lipinski definition) is 6. The van der Waals surface area contributed by atoms with Crippen molar-refractivity contribution in [1.29, 1.82) is 5.26 Å². The van der Waals surface area contributed by atoms with Crippen LogP contribution in [0.1, 0.15) is 31.7 Å². The first-order valence-corrected chi connectivity index (χ1v) is 8.96. The van der Waals surface area contributed by atoms with Crippen LogP contribution < -0.4 is 4.74 Å². The molecule has 1 aliphatic rings. The largest absolute Gasteiger partial charge is 0.480 e. The number of unbranched alkanes of at least 4 members (excludes halogenated alkanes) is 1. The lowest BCUT2D eigenvalue weighted by molar-refractivity contribution is -0.145. The second-order valence-corrected chi connectivity index (χ2v) is 7.08. The van der Waals surface area contributed by atoms with E-state index in [1.165, 1.54) is 24.3 Å². The van der Waals surface area contributed by atoms with E-state index in [1.54, 1.807) is 0 Å². The van der Waals surface area contributed by atoms with Crippen molar-refractivity contribution in [2.24, 2.45) is 0 Å². The Labute approximate surface area is 145 Å². The van der Waals surface area contributed by atoms with Crippen molar-refractivity contribution in [2.75, 3.05) is 0 Å². The predicted octanol–water partition coefficient (Wildman–Crippen LogP) is 1.59. The van der Waals surface area contributed by atoms with Gasteiger partial charge in [0, 0.05) is 0 Å². The number of rotatable bonds is 7. The van der Waals surface area contributed by atoms with E-state index in [-0.39, 0.29) is 12.2 Å². The average molecular weight is 364 g/mol. The van der Waals surface area contributed by atoms with Crippen molar-refractivity contribution in [3.05, 3.63) is 41.0 Å². The zero-order valence-electron chi connectivity index (χ0n) is 13.4. The minimum Gasteiger partial charge on any atom is -0.480 e. The summed E-state index contributed by atoms with van der Waals surface area (Å²) in [6, 6.07) is 6.06. The van der Waals surface area contributed by atoms with Crippen LogP contribution in [0.5, 0.6) is 5.75 Å². The number of carbonyl (C=O) groups excluding carboxylic acids is 1.